The molecule has 6 heteroatoms. The normalized spacial score (nSPS) is 31.1. The Bertz CT molecular complexity index is 401. The third-order valence-electron chi connectivity index (χ3n) is 3.79. The SMILES string of the molecule is O=C(NN1CCOCC1)C1NNC2=CC=CCCC21. The Kier molecular flexibility index (Phi) is 3.82. The van der Waals surface area contributed by atoms with Crippen molar-refractivity contribution in [2.75, 3.05) is 26.3 Å². The van der Waals surface area contributed by atoms with Crippen LogP contribution < -0.4 is 16.3 Å². The van der Waals surface area contributed by atoms with Crippen LogP contribution in [0.5, 0.6) is 0 Å². The summed E-state index contributed by atoms with van der Waals surface area (Å²) in [4.78, 5) is 12.3. The Hall–Kier alpha value is -1.37. The van der Waals surface area contributed by atoms with Crippen LogP contribution in [-0.2, 0) is 9.53 Å². The van der Waals surface area contributed by atoms with Crippen molar-refractivity contribution in [1.82, 2.24) is 21.3 Å². The average molecular weight is 264 g/mol. The number of nitrogens with one attached hydrogen (secondary N) is 3. The number of hydrazine groups is 2. The number of carbonyl (C=O) groups excluding carboxylic acids is 1. The van der Waals surface area contributed by atoms with E-state index in [1.807, 2.05) is 17.2 Å². The summed E-state index contributed by atoms with van der Waals surface area (Å²) in [5.41, 5.74) is 10.3. The number of nitrogens with zero attached hydrogens (tertiary/aromatic N) is 1. The van der Waals surface area contributed by atoms with Crippen LogP contribution in [0.1, 0.15) is 12.8 Å². The predicted octanol–water partition coefficient (Wildman–Crippen LogP) is -0.324. The Labute approximate surface area is 112 Å². The van der Waals surface area contributed by atoms with Crippen molar-refractivity contribution in [2.45, 2.75) is 18.9 Å². The minimum Gasteiger partial charge on any atom is -0.379 e. The molecule has 3 aliphatic rings. The number of hydrogen-bond acceptors (Lipinski definition) is 5. The maximum Gasteiger partial charge on any atom is 0.253 e. The molecule has 2 atom stereocenters. The van der Waals surface area contributed by atoms with Crippen LogP contribution in [0.4, 0.5) is 0 Å². The monoisotopic (exact) mass is 264 g/mol. The lowest BCUT2D eigenvalue weighted by atomic mass is 9.94. The summed E-state index contributed by atoms with van der Waals surface area (Å²) in [6, 6.07) is -0.200. The van der Waals surface area contributed by atoms with Gasteiger partial charge in [0, 0.05) is 24.7 Å². The standard InChI is InChI=1S/C13H20N4O2/c18-13(16-17-6-8-19-9-7-17)12-10-4-2-1-3-5-11(10)14-15-12/h1,3,5,10,12,14-15H,2,4,6-9H2,(H,16,18). The van der Waals surface area contributed by atoms with Gasteiger partial charge in [0.1, 0.15) is 6.04 Å². The summed E-state index contributed by atoms with van der Waals surface area (Å²) in [6.07, 6.45) is 8.24. The average Bonchev–Trinajstić information content (AvgIpc) is 2.69. The van der Waals surface area contributed by atoms with Gasteiger partial charge >= 0.3 is 0 Å². The van der Waals surface area contributed by atoms with Crippen molar-refractivity contribution in [2.24, 2.45) is 5.92 Å². The lowest BCUT2D eigenvalue weighted by Gasteiger charge is -2.28. The Morgan fingerprint density at radius 3 is 3.11 bits per heavy atom. The van der Waals surface area contributed by atoms with E-state index in [4.69, 9.17) is 4.74 Å². The van der Waals surface area contributed by atoms with Crippen molar-refractivity contribution in [3.8, 4) is 0 Å². The van der Waals surface area contributed by atoms with Crippen LogP contribution in [0.25, 0.3) is 0 Å². The van der Waals surface area contributed by atoms with Crippen LogP contribution in [0.3, 0.4) is 0 Å². The summed E-state index contributed by atoms with van der Waals surface area (Å²) >= 11 is 0. The molecule has 0 radical (unpaired) electrons. The van der Waals surface area contributed by atoms with Gasteiger partial charge in [0.2, 0.25) is 0 Å². The first-order valence-corrected chi connectivity index (χ1v) is 6.86. The lowest BCUT2D eigenvalue weighted by molar-refractivity contribution is -0.130. The van der Waals surface area contributed by atoms with Crippen LogP contribution in [0.15, 0.2) is 23.9 Å². The smallest absolute Gasteiger partial charge is 0.253 e. The second-order valence-electron chi connectivity index (χ2n) is 5.06. The highest BCUT2D eigenvalue weighted by Gasteiger charge is 2.36. The van der Waals surface area contributed by atoms with Gasteiger partial charge in [0.25, 0.3) is 5.91 Å². The van der Waals surface area contributed by atoms with E-state index in [-0.39, 0.29) is 17.9 Å². The highest BCUT2D eigenvalue weighted by molar-refractivity contribution is 5.82. The molecule has 1 amide bonds. The molecule has 2 heterocycles. The Morgan fingerprint density at radius 1 is 1.42 bits per heavy atom. The quantitative estimate of drug-likeness (QED) is 0.638. The number of allylic oxidation sites excluding steroid dienone is 3. The number of hydrogen-bond donors (Lipinski definition) is 3. The van der Waals surface area contributed by atoms with Gasteiger partial charge in [-0.15, -0.1) is 0 Å². The number of fused-ring (bicyclic) bond motifs is 1. The summed E-state index contributed by atoms with van der Waals surface area (Å²) in [5.74, 6) is 0.265. The van der Waals surface area contributed by atoms with Crippen molar-refractivity contribution in [3.63, 3.8) is 0 Å². The predicted molar refractivity (Wildman–Crippen MR) is 70.5 cm³/mol. The summed E-state index contributed by atoms with van der Waals surface area (Å²) < 4.78 is 5.27. The number of morpholine rings is 1. The first-order chi connectivity index (χ1) is 9.34. The van der Waals surface area contributed by atoms with Gasteiger partial charge in [-0.3, -0.25) is 10.2 Å². The molecule has 2 aliphatic heterocycles. The molecule has 0 bridgehead atoms. The van der Waals surface area contributed by atoms with E-state index in [9.17, 15) is 4.79 Å². The van der Waals surface area contributed by atoms with E-state index in [2.05, 4.69) is 22.4 Å². The fourth-order valence-corrected chi connectivity index (χ4v) is 2.71. The molecule has 0 aromatic heterocycles. The van der Waals surface area contributed by atoms with Gasteiger partial charge < -0.3 is 10.2 Å². The number of ether oxygens (including phenoxy) is 1. The molecule has 2 saturated heterocycles. The minimum absolute atomic E-state index is 0.0321. The fourth-order valence-electron chi connectivity index (χ4n) is 2.71. The summed E-state index contributed by atoms with van der Waals surface area (Å²) in [6.45, 7) is 2.85. The molecule has 3 N–H and O–H groups in total. The lowest BCUT2D eigenvalue weighted by Crippen LogP contribution is -2.54. The van der Waals surface area contributed by atoms with Gasteiger partial charge in [0.05, 0.1) is 13.2 Å². The van der Waals surface area contributed by atoms with E-state index in [1.54, 1.807) is 0 Å². The van der Waals surface area contributed by atoms with Gasteiger partial charge in [-0.25, -0.2) is 10.4 Å². The molecule has 0 aromatic rings. The molecule has 2 fully saturated rings. The van der Waals surface area contributed by atoms with E-state index in [1.165, 1.54) is 0 Å². The highest BCUT2D eigenvalue weighted by atomic mass is 16.5. The number of amides is 1. The molecule has 3 rings (SSSR count). The topological polar surface area (TPSA) is 65.6 Å². The van der Waals surface area contributed by atoms with Crippen molar-refractivity contribution >= 4 is 5.91 Å². The molecule has 2 unspecified atom stereocenters. The molecule has 0 spiro atoms. The van der Waals surface area contributed by atoms with E-state index in [0.29, 0.717) is 13.2 Å². The van der Waals surface area contributed by atoms with Gasteiger partial charge in [-0.05, 0) is 18.9 Å². The summed E-state index contributed by atoms with van der Waals surface area (Å²) in [5, 5.41) is 1.93. The van der Waals surface area contributed by atoms with Crippen molar-refractivity contribution < 1.29 is 9.53 Å². The molecule has 0 aromatic carbocycles. The van der Waals surface area contributed by atoms with Crippen LogP contribution in [0.2, 0.25) is 0 Å². The summed E-state index contributed by atoms with van der Waals surface area (Å²) in [7, 11) is 0. The molecule has 6 nitrogen and oxygen atoms in total. The third-order valence-corrected chi connectivity index (χ3v) is 3.79. The largest absolute Gasteiger partial charge is 0.379 e. The third kappa shape index (κ3) is 2.80. The zero-order valence-corrected chi connectivity index (χ0v) is 10.9. The molecule has 0 saturated carbocycles. The second kappa shape index (κ2) is 5.73. The van der Waals surface area contributed by atoms with E-state index >= 15 is 0 Å². The molecular formula is C13H20N4O2. The van der Waals surface area contributed by atoms with E-state index in [0.717, 1.165) is 31.6 Å². The fraction of sp³-hybridized carbons (Fsp3) is 0.615. The number of rotatable bonds is 2. The van der Waals surface area contributed by atoms with Gasteiger partial charge in [0.15, 0.2) is 0 Å². The molecule has 19 heavy (non-hydrogen) atoms. The Balaban J connectivity index is 1.60. The first-order valence-electron chi connectivity index (χ1n) is 6.86. The second-order valence-corrected chi connectivity index (χ2v) is 5.06. The Morgan fingerprint density at radius 2 is 2.26 bits per heavy atom. The maximum atomic E-state index is 12.3. The maximum absolute atomic E-state index is 12.3. The zero-order chi connectivity index (χ0) is 13.1. The van der Waals surface area contributed by atoms with Crippen LogP contribution in [0, 0.1) is 5.92 Å². The zero-order valence-electron chi connectivity index (χ0n) is 10.9. The highest BCUT2D eigenvalue weighted by Crippen LogP contribution is 2.26. The first kappa shape index (κ1) is 12.7. The molecule has 104 valence electrons. The number of carbonyl (C=O) groups is 1. The van der Waals surface area contributed by atoms with Gasteiger partial charge in [-0.1, -0.05) is 12.2 Å². The minimum atomic E-state index is -0.200. The van der Waals surface area contributed by atoms with E-state index < -0.39 is 0 Å². The molecule has 1 aliphatic carbocycles. The van der Waals surface area contributed by atoms with Gasteiger partial charge in [-0.2, -0.15) is 0 Å². The van der Waals surface area contributed by atoms with Crippen molar-refractivity contribution in [1.29, 1.82) is 0 Å². The van der Waals surface area contributed by atoms with Crippen LogP contribution in [-0.4, -0.2) is 43.3 Å². The van der Waals surface area contributed by atoms with Crippen LogP contribution >= 0.6 is 0 Å². The van der Waals surface area contributed by atoms with Crippen molar-refractivity contribution in [3.05, 3.63) is 23.9 Å². The molecular weight excluding hydrogens is 244 g/mol.